The minimum Gasteiger partial charge on any atom is -0.496 e. The molecule has 1 rings (SSSR count). The molecule has 0 aliphatic carbocycles. The fourth-order valence-corrected chi connectivity index (χ4v) is 1.08. The van der Waals surface area contributed by atoms with E-state index in [1.165, 1.54) is 0 Å². The van der Waals surface area contributed by atoms with Crippen LogP contribution >= 0.6 is 0 Å². The van der Waals surface area contributed by atoms with Crippen LogP contribution in [0.2, 0.25) is 0 Å². The molecule has 13 heavy (non-hydrogen) atoms. The second kappa shape index (κ2) is 5.56. The van der Waals surface area contributed by atoms with Gasteiger partial charge in [0.2, 0.25) is 0 Å². The minimum atomic E-state index is 0.662. The van der Waals surface area contributed by atoms with Crippen LogP contribution in [-0.4, -0.2) is 13.7 Å². The Morgan fingerprint density at radius 1 is 1.31 bits per heavy atom. The van der Waals surface area contributed by atoms with E-state index >= 15 is 0 Å². The van der Waals surface area contributed by atoms with Crippen LogP contribution < -0.4 is 10.2 Å². The van der Waals surface area contributed by atoms with E-state index in [4.69, 9.17) is 9.57 Å². The molecule has 0 fully saturated rings. The average Bonchev–Trinajstić information content (AvgIpc) is 2.19. The maximum atomic E-state index is 5.18. The van der Waals surface area contributed by atoms with Gasteiger partial charge in [-0.05, 0) is 13.0 Å². The summed E-state index contributed by atoms with van der Waals surface area (Å²) in [5.74, 6) is 0.884. The number of para-hydroxylation sites is 1. The fraction of sp³-hybridized carbons (Fsp3) is 0.400. The molecule has 1 aromatic rings. The Balaban J connectivity index is 2.54. The molecule has 0 amide bonds. The van der Waals surface area contributed by atoms with Crippen molar-refractivity contribution >= 4 is 0 Å². The highest BCUT2D eigenvalue weighted by atomic mass is 16.6. The van der Waals surface area contributed by atoms with Crippen molar-refractivity contribution in [1.29, 1.82) is 0 Å². The second-order valence-corrected chi connectivity index (χ2v) is 2.57. The van der Waals surface area contributed by atoms with Gasteiger partial charge in [-0.3, -0.25) is 0 Å². The molecule has 0 heterocycles. The van der Waals surface area contributed by atoms with Crippen LogP contribution in [0.15, 0.2) is 24.3 Å². The molecule has 0 aromatic heterocycles. The summed E-state index contributed by atoms with van der Waals surface area (Å²) in [5.41, 5.74) is 3.94. The quantitative estimate of drug-likeness (QED) is 0.554. The van der Waals surface area contributed by atoms with E-state index in [0.29, 0.717) is 13.2 Å². The normalized spacial score (nSPS) is 10.0. The summed E-state index contributed by atoms with van der Waals surface area (Å²) in [5, 5.41) is 0. The molecule has 0 aliphatic rings. The molecule has 0 atom stereocenters. The van der Waals surface area contributed by atoms with Crippen LogP contribution in [0.25, 0.3) is 0 Å². The average molecular weight is 181 g/mol. The highest BCUT2D eigenvalue weighted by molar-refractivity contribution is 5.32. The number of rotatable bonds is 5. The molecule has 0 saturated heterocycles. The van der Waals surface area contributed by atoms with Crippen LogP contribution in [0, 0.1) is 0 Å². The van der Waals surface area contributed by atoms with E-state index in [-0.39, 0.29) is 0 Å². The van der Waals surface area contributed by atoms with Gasteiger partial charge in [0.15, 0.2) is 0 Å². The van der Waals surface area contributed by atoms with Gasteiger partial charge in [0.05, 0.1) is 13.7 Å². The molecule has 0 spiro atoms. The third-order valence-electron chi connectivity index (χ3n) is 1.70. The van der Waals surface area contributed by atoms with Gasteiger partial charge in [0.25, 0.3) is 0 Å². The van der Waals surface area contributed by atoms with Gasteiger partial charge in [-0.15, -0.1) is 0 Å². The summed E-state index contributed by atoms with van der Waals surface area (Å²) < 4.78 is 5.18. The minimum absolute atomic E-state index is 0.662. The van der Waals surface area contributed by atoms with Gasteiger partial charge in [-0.2, -0.15) is 5.48 Å². The van der Waals surface area contributed by atoms with Gasteiger partial charge in [0.1, 0.15) is 5.75 Å². The molecule has 72 valence electrons. The summed E-state index contributed by atoms with van der Waals surface area (Å²) >= 11 is 0. The molecule has 3 heteroatoms. The lowest BCUT2D eigenvalue weighted by Gasteiger charge is -2.08. The Labute approximate surface area is 78.6 Å². The standard InChI is InChI=1S/C10H15NO2/c1-3-13-11-8-9-6-4-5-7-10(9)12-2/h4-7,11H,3,8H2,1-2H3. The van der Waals surface area contributed by atoms with Crippen molar-refractivity contribution in [3.05, 3.63) is 29.8 Å². The van der Waals surface area contributed by atoms with Gasteiger partial charge < -0.3 is 9.57 Å². The van der Waals surface area contributed by atoms with Crippen molar-refractivity contribution in [3.8, 4) is 5.75 Å². The van der Waals surface area contributed by atoms with Gasteiger partial charge in [-0.1, -0.05) is 18.2 Å². The molecule has 0 aliphatic heterocycles. The number of ether oxygens (including phenoxy) is 1. The molecular formula is C10H15NO2. The molecule has 3 nitrogen and oxygen atoms in total. The highest BCUT2D eigenvalue weighted by Crippen LogP contribution is 2.16. The summed E-state index contributed by atoms with van der Waals surface area (Å²) in [6.07, 6.45) is 0. The Morgan fingerprint density at radius 2 is 2.08 bits per heavy atom. The van der Waals surface area contributed by atoms with E-state index in [9.17, 15) is 0 Å². The molecule has 0 bridgehead atoms. The van der Waals surface area contributed by atoms with E-state index in [1.807, 2.05) is 31.2 Å². The van der Waals surface area contributed by atoms with Crippen LogP contribution in [0.3, 0.4) is 0 Å². The molecule has 0 radical (unpaired) electrons. The first-order valence-corrected chi connectivity index (χ1v) is 4.35. The van der Waals surface area contributed by atoms with Crippen LogP contribution in [-0.2, 0) is 11.4 Å². The third kappa shape index (κ3) is 3.05. The first-order chi connectivity index (χ1) is 6.38. The SMILES string of the molecule is CCONCc1ccccc1OC. The topological polar surface area (TPSA) is 30.5 Å². The van der Waals surface area contributed by atoms with E-state index in [2.05, 4.69) is 5.48 Å². The van der Waals surface area contributed by atoms with Crippen molar-refractivity contribution in [2.75, 3.05) is 13.7 Å². The molecule has 1 aromatic carbocycles. The molecule has 1 N–H and O–H groups in total. The van der Waals surface area contributed by atoms with Gasteiger partial charge in [0, 0.05) is 12.1 Å². The van der Waals surface area contributed by atoms with Gasteiger partial charge in [-0.25, -0.2) is 0 Å². The Bertz CT molecular complexity index is 250. The van der Waals surface area contributed by atoms with Crippen LogP contribution in [0.1, 0.15) is 12.5 Å². The Hall–Kier alpha value is -1.06. The number of hydrogen-bond acceptors (Lipinski definition) is 3. The monoisotopic (exact) mass is 181 g/mol. The molecular weight excluding hydrogens is 166 g/mol. The van der Waals surface area contributed by atoms with Crippen molar-refractivity contribution in [2.45, 2.75) is 13.5 Å². The highest BCUT2D eigenvalue weighted by Gasteiger charge is 1.99. The van der Waals surface area contributed by atoms with E-state index < -0.39 is 0 Å². The van der Waals surface area contributed by atoms with Gasteiger partial charge >= 0.3 is 0 Å². The van der Waals surface area contributed by atoms with Crippen LogP contribution in [0.5, 0.6) is 5.75 Å². The van der Waals surface area contributed by atoms with Crippen molar-refractivity contribution in [2.24, 2.45) is 0 Å². The Morgan fingerprint density at radius 3 is 2.77 bits per heavy atom. The summed E-state index contributed by atoms with van der Waals surface area (Å²) in [6.45, 7) is 3.27. The smallest absolute Gasteiger partial charge is 0.123 e. The first kappa shape index (κ1) is 10.0. The van der Waals surface area contributed by atoms with Crippen molar-refractivity contribution in [1.82, 2.24) is 5.48 Å². The van der Waals surface area contributed by atoms with E-state index in [1.54, 1.807) is 7.11 Å². The second-order valence-electron chi connectivity index (χ2n) is 2.57. The Kier molecular flexibility index (Phi) is 4.29. The third-order valence-corrected chi connectivity index (χ3v) is 1.70. The number of hydroxylamine groups is 1. The maximum absolute atomic E-state index is 5.18. The summed E-state index contributed by atoms with van der Waals surface area (Å²) in [4.78, 5) is 5.03. The number of benzene rings is 1. The maximum Gasteiger partial charge on any atom is 0.123 e. The van der Waals surface area contributed by atoms with Crippen molar-refractivity contribution in [3.63, 3.8) is 0 Å². The predicted molar refractivity (Wildman–Crippen MR) is 51.5 cm³/mol. The zero-order valence-electron chi connectivity index (χ0n) is 8.04. The fourth-order valence-electron chi connectivity index (χ4n) is 1.08. The lowest BCUT2D eigenvalue weighted by molar-refractivity contribution is 0.0459. The number of methoxy groups -OCH3 is 1. The largest absolute Gasteiger partial charge is 0.496 e. The van der Waals surface area contributed by atoms with Crippen molar-refractivity contribution < 1.29 is 9.57 Å². The number of hydrogen-bond donors (Lipinski definition) is 1. The zero-order valence-corrected chi connectivity index (χ0v) is 8.04. The summed E-state index contributed by atoms with van der Waals surface area (Å²) in [7, 11) is 1.67. The lowest BCUT2D eigenvalue weighted by Crippen LogP contribution is -2.14. The zero-order chi connectivity index (χ0) is 9.52. The predicted octanol–water partition coefficient (Wildman–Crippen LogP) is 1.74. The van der Waals surface area contributed by atoms with E-state index in [0.717, 1.165) is 11.3 Å². The molecule has 0 unspecified atom stereocenters. The van der Waals surface area contributed by atoms with Crippen LogP contribution in [0.4, 0.5) is 0 Å². The first-order valence-electron chi connectivity index (χ1n) is 4.35. The number of nitrogens with one attached hydrogen (secondary N) is 1. The molecule has 0 saturated carbocycles. The lowest BCUT2D eigenvalue weighted by atomic mass is 10.2. The summed E-state index contributed by atoms with van der Waals surface area (Å²) in [6, 6.07) is 7.86.